The zero-order chi connectivity index (χ0) is 17.2. The van der Waals surface area contributed by atoms with E-state index in [1.807, 2.05) is 0 Å². The summed E-state index contributed by atoms with van der Waals surface area (Å²) in [6, 6.07) is -1.17. The Bertz CT molecular complexity index is 612. The Balaban J connectivity index is 2.11. The van der Waals surface area contributed by atoms with E-state index in [-0.39, 0.29) is 12.8 Å². The van der Waals surface area contributed by atoms with Crippen molar-refractivity contribution in [3.05, 3.63) is 17.0 Å². The van der Waals surface area contributed by atoms with E-state index in [0.29, 0.717) is 4.68 Å². The van der Waals surface area contributed by atoms with Crippen LogP contribution in [0.25, 0.3) is 0 Å². The number of hydrogen-bond acceptors (Lipinski definition) is 2. The molecule has 0 saturated heterocycles. The first-order valence-corrected chi connectivity index (χ1v) is 7.06. The van der Waals surface area contributed by atoms with Gasteiger partial charge in [0, 0.05) is 18.4 Å². The Hall–Kier alpha value is -1.32. The highest BCUT2D eigenvalue weighted by atomic mass is 19.4. The van der Waals surface area contributed by atoms with E-state index in [1.165, 1.54) is 0 Å². The molecule has 23 heavy (non-hydrogen) atoms. The van der Waals surface area contributed by atoms with Crippen molar-refractivity contribution in [1.29, 1.82) is 0 Å². The molecule has 1 unspecified atom stereocenters. The molecule has 1 N–H and O–H groups in total. The van der Waals surface area contributed by atoms with E-state index in [0.717, 1.165) is 0 Å². The molecule has 0 amide bonds. The van der Waals surface area contributed by atoms with E-state index in [2.05, 4.69) is 5.10 Å². The second-order valence-corrected chi connectivity index (χ2v) is 5.99. The topological polar surface area (TPSA) is 38.1 Å². The molecule has 0 aliphatic heterocycles. The lowest BCUT2D eigenvalue weighted by Gasteiger charge is -2.30. The molecule has 3 rings (SSSR count). The fourth-order valence-electron chi connectivity index (χ4n) is 3.34. The van der Waals surface area contributed by atoms with Crippen LogP contribution in [-0.2, 0) is 6.18 Å². The number of rotatable bonds is 1. The standard InChI is InChI=1S/C13H13F7N2O/c14-7-8(15)10(23)6-9(7)22(21-11(6)13(18,19)20)5-2-1-3-12(16,17)4-5/h5,7-8,10,23H,1-4H2/t5-,7+,8-,10?/m1/s1. The number of aliphatic hydroxyl groups is 1. The molecule has 1 heterocycles. The first-order valence-electron chi connectivity index (χ1n) is 7.06. The molecule has 1 aromatic rings. The third kappa shape index (κ3) is 2.60. The number of nitrogens with zero attached hydrogens (tertiary/aromatic N) is 2. The molecule has 1 saturated carbocycles. The maximum Gasteiger partial charge on any atom is 0.435 e. The highest BCUT2D eigenvalue weighted by Crippen LogP contribution is 2.51. The zero-order valence-electron chi connectivity index (χ0n) is 11.6. The van der Waals surface area contributed by atoms with Crippen LogP contribution in [0.1, 0.15) is 61.0 Å². The first kappa shape index (κ1) is 16.5. The van der Waals surface area contributed by atoms with E-state index < -0.39 is 66.4 Å². The normalized spacial score (nSPS) is 33.7. The van der Waals surface area contributed by atoms with Crippen LogP contribution in [0, 0.1) is 0 Å². The van der Waals surface area contributed by atoms with Gasteiger partial charge in [-0.2, -0.15) is 18.3 Å². The predicted octanol–water partition coefficient (Wildman–Crippen LogP) is 4.05. The van der Waals surface area contributed by atoms with Gasteiger partial charge in [0.1, 0.15) is 6.10 Å². The van der Waals surface area contributed by atoms with Gasteiger partial charge in [-0.25, -0.2) is 17.6 Å². The Labute approximate surface area is 126 Å². The number of halogens is 7. The van der Waals surface area contributed by atoms with Gasteiger partial charge >= 0.3 is 6.18 Å². The highest BCUT2D eigenvalue weighted by Gasteiger charge is 2.53. The summed E-state index contributed by atoms with van der Waals surface area (Å²) >= 11 is 0. The highest BCUT2D eigenvalue weighted by molar-refractivity contribution is 5.39. The second-order valence-electron chi connectivity index (χ2n) is 5.99. The van der Waals surface area contributed by atoms with Gasteiger partial charge in [0.15, 0.2) is 18.0 Å². The summed E-state index contributed by atoms with van der Waals surface area (Å²) in [5, 5.41) is 12.8. The van der Waals surface area contributed by atoms with Crippen LogP contribution in [0.15, 0.2) is 0 Å². The summed E-state index contributed by atoms with van der Waals surface area (Å²) in [7, 11) is 0. The van der Waals surface area contributed by atoms with Gasteiger partial charge in [-0.3, -0.25) is 4.68 Å². The summed E-state index contributed by atoms with van der Waals surface area (Å²) in [5.41, 5.74) is -3.37. The third-order valence-electron chi connectivity index (χ3n) is 4.35. The van der Waals surface area contributed by atoms with Crippen LogP contribution in [0.5, 0.6) is 0 Å². The van der Waals surface area contributed by atoms with Crippen LogP contribution in [0.4, 0.5) is 30.7 Å². The van der Waals surface area contributed by atoms with E-state index in [1.54, 1.807) is 0 Å². The van der Waals surface area contributed by atoms with Crippen molar-refractivity contribution in [2.45, 2.75) is 62.3 Å². The molecule has 4 atom stereocenters. The number of aromatic nitrogens is 2. The van der Waals surface area contributed by atoms with Crippen LogP contribution < -0.4 is 0 Å². The lowest BCUT2D eigenvalue weighted by Crippen LogP contribution is -2.30. The summed E-state index contributed by atoms with van der Waals surface area (Å²) in [5.74, 6) is -3.10. The Morgan fingerprint density at radius 2 is 1.87 bits per heavy atom. The quantitative estimate of drug-likeness (QED) is 0.779. The number of aliphatic hydroxyl groups excluding tert-OH is 1. The van der Waals surface area contributed by atoms with Crippen LogP contribution in [0.2, 0.25) is 0 Å². The van der Waals surface area contributed by atoms with Crippen molar-refractivity contribution in [3.63, 3.8) is 0 Å². The van der Waals surface area contributed by atoms with Crippen molar-refractivity contribution >= 4 is 0 Å². The molecule has 3 nitrogen and oxygen atoms in total. The average molecular weight is 346 g/mol. The zero-order valence-corrected chi connectivity index (χ0v) is 11.6. The van der Waals surface area contributed by atoms with Crippen LogP contribution >= 0.6 is 0 Å². The van der Waals surface area contributed by atoms with Crippen molar-refractivity contribution in [2.75, 3.05) is 0 Å². The largest absolute Gasteiger partial charge is 0.435 e. The summed E-state index contributed by atoms with van der Waals surface area (Å²) in [4.78, 5) is 0. The molecular weight excluding hydrogens is 333 g/mol. The number of fused-ring (bicyclic) bond motifs is 1. The van der Waals surface area contributed by atoms with Gasteiger partial charge < -0.3 is 5.11 Å². The molecule has 0 aromatic carbocycles. The maximum absolute atomic E-state index is 14.0. The fourth-order valence-corrected chi connectivity index (χ4v) is 3.34. The van der Waals surface area contributed by atoms with Gasteiger partial charge in [-0.15, -0.1) is 0 Å². The van der Waals surface area contributed by atoms with Gasteiger partial charge in [-0.05, 0) is 12.8 Å². The molecule has 2 aliphatic carbocycles. The predicted molar refractivity (Wildman–Crippen MR) is 63.4 cm³/mol. The lowest BCUT2D eigenvalue weighted by atomic mass is 9.92. The molecule has 1 fully saturated rings. The van der Waals surface area contributed by atoms with Crippen molar-refractivity contribution in [3.8, 4) is 0 Å². The van der Waals surface area contributed by atoms with Crippen molar-refractivity contribution in [2.24, 2.45) is 0 Å². The van der Waals surface area contributed by atoms with E-state index in [4.69, 9.17) is 0 Å². The molecule has 10 heteroatoms. The molecule has 0 spiro atoms. The minimum atomic E-state index is -5.04. The van der Waals surface area contributed by atoms with E-state index >= 15 is 0 Å². The summed E-state index contributed by atoms with van der Waals surface area (Å²) in [6.45, 7) is 0. The summed E-state index contributed by atoms with van der Waals surface area (Å²) in [6.07, 6.45) is -13.5. The molecule has 2 aliphatic rings. The molecule has 1 aromatic heterocycles. The molecule has 130 valence electrons. The summed E-state index contributed by atoms with van der Waals surface area (Å²) < 4.78 is 94.2. The lowest BCUT2D eigenvalue weighted by molar-refractivity contribution is -0.143. The maximum atomic E-state index is 14.0. The third-order valence-corrected chi connectivity index (χ3v) is 4.35. The first-order chi connectivity index (χ1) is 10.5. The molecular formula is C13H13F7N2O. The minimum Gasteiger partial charge on any atom is -0.385 e. The fraction of sp³-hybridized carbons (Fsp3) is 0.769. The van der Waals surface area contributed by atoms with Crippen molar-refractivity contribution in [1.82, 2.24) is 9.78 Å². The smallest absolute Gasteiger partial charge is 0.385 e. The van der Waals surface area contributed by atoms with Crippen molar-refractivity contribution < 1.29 is 35.8 Å². The monoisotopic (exact) mass is 346 g/mol. The Morgan fingerprint density at radius 3 is 2.43 bits per heavy atom. The second kappa shape index (κ2) is 5.09. The number of hydrogen-bond donors (Lipinski definition) is 1. The Morgan fingerprint density at radius 1 is 1.22 bits per heavy atom. The van der Waals surface area contributed by atoms with Crippen LogP contribution in [-0.4, -0.2) is 27.0 Å². The Kier molecular flexibility index (Phi) is 3.66. The minimum absolute atomic E-state index is 0.0339. The SMILES string of the molecule is OC1c2c(C(F)(F)F)nn([C@@H]3CCCC(F)(F)C3)c2[C@@H](F)[C@H]1F. The van der Waals surface area contributed by atoms with Gasteiger partial charge in [-0.1, -0.05) is 0 Å². The molecule has 0 bridgehead atoms. The number of alkyl halides is 7. The van der Waals surface area contributed by atoms with E-state index in [9.17, 15) is 35.8 Å². The van der Waals surface area contributed by atoms with Gasteiger partial charge in [0.2, 0.25) is 5.92 Å². The average Bonchev–Trinajstić information content (AvgIpc) is 2.92. The van der Waals surface area contributed by atoms with Gasteiger partial charge in [0.05, 0.1) is 11.7 Å². The van der Waals surface area contributed by atoms with Crippen LogP contribution in [0.3, 0.4) is 0 Å². The molecule has 0 radical (unpaired) electrons. The van der Waals surface area contributed by atoms with Gasteiger partial charge in [0.25, 0.3) is 0 Å².